The Kier molecular flexibility index (Phi) is 4.85. The smallest absolute Gasteiger partial charge is 0.339 e. The van der Waals surface area contributed by atoms with Crippen molar-refractivity contribution in [2.24, 2.45) is 0 Å². The number of anilines is 2. The van der Waals surface area contributed by atoms with Crippen LogP contribution < -0.4 is 15.0 Å². The van der Waals surface area contributed by atoms with Crippen molar-refractivity contribution >= 4 is 29.2 Å². The van der Waals surface area contributed by atoms with E-state index in [0.29, 0.717) is 18.0 Å². The van der Waals surface area contributed by atoms with Gasteiger partial charge in [-0.2, -0.15) is 0 Å². The molecule has 2 aromatic rings. The molecule has 0 radical (unpaired) electrons. The largest absolute Gasteiger partial charge is 0.465 e. The lowest BCUT2D eigenvalue weighted by molar-refractivity contribution is -0.145. The lowest BCUT2D eigenvalue weighted by Gasteiger charge is -2.39. The third-order valence-electron chi connectivity index (χ3n) is 4.45. The first kappa shape index (κ1) is 18.4. The minimum atomic E-state index is -1.77. The topological polar surface area (TPSA) is 84.9 Å². The first-order valence-corrected chi connectivity index (χ1v) is 8.51. The highest BCUT2D eigenvalue weighted by molar-refractivity contribution is 6.20. The highest BCUT2D eigenvalue weighted by Crippen LogP contribution is 2.38. The maximum Gasteiger partial charge on any atom is 0.339 e. The summed E-state index contributed by atoms with van der Waals surface area (Å²) in [5.74, 6) is -1.29. The summed E-state index contributed by atoms with van der Waals surface area (Å²) in [5, 5.41) is 2.63. The molecule has 0 fully saturated rings. The van der Waals surface area contributed by atoms with Gasteiger partial charge in [0.05, 0.1) is 24.0 Å². The number of carbonyl (C=O) groups excluding carboxylic acids is 3. The highest BCUT2D eigenvalue weighted by Gasteiger charge is 2.50. The molecule has 1 unspecified atom stereocenters. The summed E-state index contributed by atoms with van der Waals surface area (Å²) in [7, 11) is 1.26. The number of methoxy groups -OCH3 is 1. The number of rotatable bonds is 4. The number of nitrogens with one attached hydrogen (secondary N) is 1. The monoisotopic (exact) mass is 368 g/mol. The van der Waals surface area contributed by atoms with E-state index in [1.54, 1.807) is 42.5 Å². The lowest BCUT2D eigenvalue weighted by Crippen LogP contribution is -2.60. The van der Waals surface area contributed by atoms with E-state index in [2.05, 4.69) is 5.32 Å². The second kappa shape index (κ2) is 7.11. The molecule has 0 spiro atoms. The van der Waals surface area contributed by atoms with E-state index < -0.39 is 23.4 Å². The molecule has 1 heterocycles. The molecule has 7 nitrogen and oxygen atoms in total. The Morgan fingerprint density at radius 2 is 1.81 bits per heavy atom. The van der Waals surface area contributed by atoms with E-state index in [9.17, 15) is 14.4 Å². The number of fused-ring (bicyclic) bond motifs is 1. The average molecular weight is 368 g/mol. The molecular formula is C20H20N2O5. The number of nitrogens with zero attached hydrogens (tertiary/aromatic N) is 1. The molecule has 1 atom stereocenters. The van der Waals surface area contributed by atoms with Crippen molar-refractivity contribution < 1.29 is 23.9 Å². The molecule has 0 aliphatic carbocycles. The fourth-order valence-corrected chi connectivity index (χ4v) is 2.98. The quantitative estimate of drug-likeness (QED) is 0.662. The number of benzene rings is 2. The Hall–Kier alpha value is -3.35. The Balaban J connectivity index is 1.96. The van der Waals surface area contributed by atoms with E-state index in [1.165, 1.54) is 25.0 Å². The van der Waals surface area contributed by atoms with Crippen LogP contribution in [0.15, 0.2) is 48.5 Å². The lowest BCUT2D eigenvalue weighted by atomic mass is 9.99. The predicted molar refractivity (Wildman–Crippen MR) is 99.9 cm³/mol. The Labute approximate surface area is 156 Å². The molecule has 0 saturated carbocycles. The van der Waals surface area contributed by atoms with Gasteiger partial charge in [-0.25, -0.2) is 4.79 Å². The Bertz CT molecular complexity index is 911. The third-order valence-corrected chi connectivity index (χ3v) is 4.45. The number of para-hydroxylation sites is 3. The van der Waals surface area contributed by atoms with Crippen molar-refractivity contribution in [2.75, 3.05) is 23.9 Å². The average Bonchev–Trinajstić information content (AvgIpc) is 2.68. The third kappa shape index (κ3) is 3.12. The molecule has 3 rings (SSSR count). The minimum absolute atomic E-state index is 0.188. The van der Waals surface area contributed by atoms with E-state index in [4.69, 9.17) is 9.47 Å². The van der Waals surface area contributed by atoms with Crippen LogP contribution in [0.2, 0.25) is 0 Å². The summed E-state index contributed by atoms with van der Waals surface area (Å²) < 4.78 is 10.5. The van der Waals surface area contributed by atoms with Crippen molar-refractivity contribution in [3.63, 3.8) is 0 Å². The molecule has 7 heteroatoms. The Morgan fingerprint density at radius 1 is 1.15 bits per heavy atom. The zero-order chi connectivity index (χ0) is 19.6. The fourth-order valence-electron chi connectivity index (χ4n) is 2.98. The number of esters is 1. The number of carbonyl (C=O) groups is 3. The van der Waals surface area contributed by atoms with Gasteiger partial charge in [-0.3, -0.25) is 9.59 Å². The van der Waals surface area contributed by atoms with Crippen LogP contribution in [0.25, 0.3) is 0 Å². The van der Waals surface area contributed by atoms with Gasteiger partial charge in [-0.15, -0.1) is 0 Å². The van der Waals surface area contributed by atoms with Gasteiger partial charge >= 0.3 is 5.97 Å². The molecule has 27 heavy (non-hydrogen) atoms. The molecule has 1 aliphatic rings. The van der Waals surface area contributed by atoms with Crippen LogP contribution in [0.3, 0.4) is 0 Å². The summed E-state index contributed by atoms with van der Waals surface area (Å²) in [6.07, 6.45) is 0. The molecule has 2 aromatic carbocycles. The second-order valence-corrected chi connectivity index (χ2v) is 6.14. The highest BCUT2D eigenvalue weighted by atomic mass is 16.5. The molecule has 0 bridgehead atoms. The minimum Gasteiger partial charge on any atom is -0.465 e. The van der Waals surface area contributed by atoms with Crippen molar-refractivity contribution in [2.45, 2.75) is 19.4 Å². The number of hydrogen-bond acceptors (Lipinski definition) is 5. The number of ether oxygens (including phenoxy) is 2. The summed E-state index contributed by atoms with van der Waals surface area (Å²) >= 11 is 0. The van der Waals surface area contributed by atoms with Crippen LogP contribution >= 0.6 is 0 Å². The summed E-state index contributed by atoms with van der Waals surface area (Å²) in [4.78, 5) is 39.4. The normalized spacial score (nSPS) is 18.3. The molecule has 0 aromatic heterocycles. The van der Waals surface area contributed by atoms with Crippen molar-refractivity contribution in [1.82, 2.24) is 0 Å². The van der Waals surface area contributed by atoms with Crippen molar-refractivity contribution in [3.8, 4) is 5.75 Å². The zero-order valence-electron chi connectivity index (χ0n) is 15.3. The summed E-state index contributed by atoms with van der Waals surface area (Å²) in [6.45, 7) is 3.63. The number of likely N-dealkylation sites (N-methyl/N-ethyl adjacent to an activating group) is 1. The van der Waals surface area contributed by atoms with E-state index >= 15 is 0 Å². The number of hydrogen-bond donors (Lipinski definition) is 1. The Morgan fingerprint density at radius 3 is 2.52 bits per heavy atom. The van der Waals surface area contributed by atoms with Gasteiger partial charge in [0.15, 0.2) is 0 Å². The van der Waals surface area contributed by atoms with Gasteiger partial charge in [0.2, 0.25) is 0 Å². The van der Waals surface area contributed by atoms with E-state index in [0.717, 1.165) is 0 Å². The molecule has 1 aliphatic heterocycles. The van der Waals surface area contributed by atoms with E-state index in [-0.39, 0.29) is 11.3 Å². The second-order valence-electron chi connectivity index (χ2n) is 6.14. The van der Waals surface area contributed by atoms with E-state index in [1.807, 2.05) is 6.92 Å². The molecule has 2 amide bonds. The van der Waals surface area contributed by atoms with Gasteiger partial charge in [0, 0.05) is 6.54 Å². The molecular weight excluding hydrogens is 348 g/mol. The van der Waals surface area contributed by atoms with Gasteiger partial charge in [-0.05, 0) is 38.1 Å². The molecule has 1 N–H and O–H groups in total. The first-order chi connectivity index (χ1) is 12.9. The first-order valence-electron chi connectivity index (χ1n) is 8.51. The van der Waals surface area contributed by atoms with Gasteiger partial charge in [0.25, 0.3) is 17.4 Å². The van der Waals surface area contributed by atoms with Crippen LogP contribution in [-0.4, -0.2) is 37.0 Å². The summed E-state index contributed by atoms with van der Waals surface area (Å²) in [5.41, 5.74) is -0.722. The van der Waals surface area contributed by atoms with Crippen LogP contribution in [0, 0.1) is 0 Å². The van der Waals surface area contributed by atoms with Gasteiger partial charge < -0.3 is 19.7 Å². The maximum absolute atomic E-state index is 13.0. The van der Waals surface area contributed by atoms with Crippen molar-refractivity contribution in [1.29, 1.82) is 0 Å². The van der Waals surface area contributed by atoms with Gasteiger partial charge in [-0.1, -0.05) is 24.3 Å². The molecule has 140 valence electrons. The molecule has 0 saturated heterocycles. The van der Waals surface area contributed by atoms with Gasteiger partial charge in [0.1, 0.15) is 5.75 Å². The predicted octanol–water partition coefficient (Wildman–Crippen LogP) is 2.62. The standard InChI is InChI=1S/C20H20N2O5/c1-4-22-15-11-7-8-12-16(15)27-20(2,19(22)25)18(24)21-14-10-6-5-9-13(14)17(23)26-3/h5-12H,4H2,1-3H3,(H,21,24). The van der Waals surface area contributed by atoms with Crippen LogP contribution in [0.5, 0.6) is 5.75 Å². The summed E-state index contributed by atoms with van der Waals surface area (Å²) in [6, 6.07) is 13.5. The number of amides is 2. The fraction of sp³-hybridized carbons (Fsp3) is 0.250. The van der Waals surface area contributed by atoms with Crippen LogP contribution in [0.4, 0.5) is 11.4 Å². The zero-order valence-corrected chi connectivity index (χ0v) is 15.3. The van der Waals surface area contributed by atoms with Crippen molar-refractivity contribution in [3.05, 3.63) is 54.1 Å². The maximum atomic E-state index is 13.0. The van der Waals surface area contributed by atoms with Crippen LogP contribution in [0.1, 0.15) is 24.2 Å². The van der Waals surface area contributed by atoms with Crippen LogP contribution in [-0.2, 0) is 14.3 Å². The SMILES string of the molecule is CCN1C(=O)C(C)(C(=O)Nc2ccccc2C(=O)OC)Oc2ccccc21.